The van der Waals surface area contributed by atoms with Gasteiger partial charge in [-0.3, -0.25) is 4.79 Å². The fourth-order valence-corrected chi connectivity index (χ4v) is 3.87. The van der Waals surface area contributed by atoms with E-state index in [2.05, 4.69) is 10.0 Å². The highest BCUT2D eigenvalue weighted by atomic mass is 32.2. The number of carbonyl (C=O) groups is 1. The van der Waals surface area contributed by atoms with E-state index in [9.17, 15) is 13.2 Å². The minimum Gasteiger partial charge on any atom is -0.494 e. The van der Waals surface area contributed by atoms with Crippen LogP contribution in [-0.4, -0.2) is 27.5 Å². The molecule has 0 unspecified atom stereocenters. The number of sulfonamides is 1. The molecule has 0 aliphatic heterocycles. The molecule has 0 atom stereocenters. The molecule has 2 aromatic rings. The van der Waals surface area contributed by atoms with Crippen LogP contribution in [0.25, 0.3) is 0 Å². The Labute approximate surface area is 161 Å². The summed E-state index contributed by atoms with van der Waals surface area (Å²) in [6, 6.07) is 10.2. The van der Waals surface area contributed by atoms with Crippen LogP contribution < -0.4 is 14.8 Å². The zero-order chi connectivity index (χ0) is 20.0. The van der Waals surface area contributed by atoms with Gasteiger partial charge in [0, 0.05) is 18.7 Å². The van der Waals surface area contributed by atoms with Crippen LogP contribution in [-0.2, 0) is 14.8 Å². The van der Waals surface area contributed by atoms with Gasteiger partial charge in [-0.2, -0.15) is 0 Å². The average molecular weight is 391 g/mol. The molecule has 0 fully saturated rings. The molecule has 0 heterocycles. The third kappa shape index (κ3) is 5.80. The molecule has 2 N–H and O–H groups in total. The Balaban J connectivity index is 1.92. The molecule has 0 spiro atoms. The molecule has 0 saturated carbocycles. The van der Waals surface area contributed by atoms with Crippen molar-refractivity contribution in [2.24, 2.45) is 0 Å². The fraction of sp³-hybridized carbons (Fsp3) is 0.350. The van der Waals surface area contributed by atoms with Gasteiger partial charge >= 0.3 is 0 Å². The van der Waals surface area contributed by atoms with Crippen molar-refractivity contribution in [2.75, 3.05) is 18.5 Å². The van der Waals surface area contributed by atoms with Crippen molar-refractivity contribution in [2.45, 2.75) is 39.0 Å². The molecular weight excluding hydrogens is 364 g/mol. The smallest absolute Gasteiger partial charge is 0.240 e. The Hall–Kier alpha value is -2.38. The zero-order valence-corrected chi connectivity index (χ0v) is 16.9. The second kappa shape index (κ2) is 9.01. The summed E-state index contributed by atoms with van der Waals surface area (Å²) in [5.41, 5.74) is 3.87. The van der Waals surface area contributed by atoms with Crippen LogP contribution >= 0.6 is 0 Å². The van der Waals surface area contributed by atoms with Crippen LogP contribution in [0.15, 0.2) is 41.3 Å². The van der Waals surface area contributed by atoms with Gasteiger partial charge in [0.2, 0.25) is 15.9 Å². The number of carbonyl (C=O) groups excluding carboxylic acids is 1. The first kappa shape index (κ1) is 20.9. The highest BCUT2D eigenvalue weighted by molar-refractivity contribution is 7.89. The minimum atomic E-state index is -3.67. The number of rotatable bonds is 8. The van der Waals surface area contributed by atoms with E-state index in [1.807, 2.05) is 39.8 Å². The molecule has 6 nitrogen and oxygen atoms in total. The summed E-state index contributed by atoms with van der Waals surface area (Å²) in [7, 11) is -3.67. The van der Waals surface area contributed by atoms with Gasteiger partial charge in [0.1, 0.15) is 5.75 Å². The van der Waals surface area contributed by atoms with Crippen molar-refractivity contribution >= 4 is 21.6 Å². The quantitative estimate of drug-likeness (QED) is 0.724. The lowest BCUT2D eigenvalue weighted by molar-refractivity contribution is -0.116. The molecular formula is C20H26N2O4S. The minimum absolute atomic E-state index is 0.0192. The van der Waals surface area contributed by atoms with Gasteiger partial charge < -0.3 is 10.1 Å². The molecule has 0 saturated heterocycles. The number of anilines is 1. The number of ether oxygens (including phenoxy) is 1. The SMILES string of the molecule is CCOc1ccc(S(=O)(=O)NCCC(=O)Nc2c(C)cc(C)cc2C)cc1. The van der Waals surface area contributed by atoms with Crippen molar-refractivity contribution in [1.82, 2.24) is 4.72 Å². The monoisotopic (exact) mass is 390 g/mol. The molecule has 27 heavy (non-hydrogen) atoms. The van der Waals surface area contributed by atoms with Crippen molar-refractivity contribution in [3.05, 3.63) is 53.1 Å². The number of aryl methyl sites for hydroxylation is 3. The third-order valence-electron chi connectivity index (χ3n) is 4.03. The predicted octanol–water partition coefficient (Wildman–Crippen LogP) is 3.32. The van der Waals surface area contributed by atoms with E-state index in [1.54, 1.807) is 12.1 Å². The number of nitrogens with one attached hydrogen (secondary N) is 2. The van der Waals surface area contributed by atoms with Gasteiger partial charge in [0.05, 0.1) is 11.5 Å². The Bertz CT molecular complexity index is 883. The van der Waals surface area contributed by atoms with Crippen molar-refractivity contribution in [3.8, 4) is 5.75 Å². The van der Waals surface area contributed by atoms with Crippen LogP contribution in [0.2, 0.25) is 0 Å². The van der Waals surface area contributed by atoms with Crippen molar-refractivity contribution < 1.29 is 17.9 Å². The van der Waals surface area contributed by atoms with Gasteiger partial charge in [-0.25, -0.2) is 13.1 Å². The van der Waals surface area contributed by atoms with Gasteiger partial charge in [-0.1, -0.05) is 17.7 Å². The Morgan fingerprint density at radius 3 is 2.19 bits per heavy atom. The normalized spacial score (nSPS) is 11.3. The molecule has 0 bridgehead atoms. The summed E-state index contributed by atoms with van der Waals surface area (Å²) in [4.78, 5) is 12.3. The van der Waals surface area contributed by atoms with Crippen LogP contribution in [0.3, 0.4) is 0 Å². The molecule has 2 aromatic carbocycles. The Kier molecular flexibility index (Phi) is 6.98. The molecule has 0 aliphatic rings. The van der Waals surface area contributed by atoms with Crippen LogP contribution in [0.1, 0.15) is 30.0 Å². The van der Waals surface area contributed by atoms with Crippen LogP contribution in [0.5, 0.6) is 5.75 Å². The fourth-order valence-electron chi connectivity index (χ4n) is 2.84. The van der Waals surface area contributed by atoms with E-state index in [4.69, 9.17) is 4.74 Å². The molecule has 2 rings (SSSR count). The summed E-state index contributed by atoms with van der Waals surface area (Å²) in [6.45, 7) is 8.26. The maximum absolute atomic E-state index is 12.3. The first-order chi connectivity index (χ1) is 12.7. The second-order valence-electron chi connectivity index (χ2n) is 6.37. The second-order valence-corrected chi connectivity index (χ2v) is 8.14. The summed E-state index contributed by atoms with van der Waals surface area (Å²) >= 11 is 0. The lowest BCUT2D eigenvalue weighted by Crippen LogP contribution is -2.28. The molecule has 7 heteroatoms. The predicted molar refractivity (Wildman–Crippen MR) is 107 cm³/mol. The van der Waals surface area contributed by atoms with E-state index in [0.717, 1.165) is 22.4 Å². The van der Waals surface area contributed by atoms with Crippen molar-refractivity contribution in [1.29, 1.82) is 0 Å². The van der Waals surface area contributed by atoms with Crippen LogP contribution in [0, 0.1) is 20.8 Å². The number of hydrogen-bond acceptors (Lipinski definition) is 4. The van der Waals surface area contributed by atoms with Crippen molar-refractivity contribution in [3.63, 3.8) is 0 Å². The maximum atomic E-state index is 12.3. The first-order valence-corrected chi connectivity index (χ1v) is 10.3. The largest absolute Gasteiger partial charge is 0.494 e. The number of benzene rings is 2. The topological polar surface area (TPSA) is 84.5 Å². The molecule has 146 valence electrons. The summed E-state index contributed by atoms with van der Waals surface area (Å²) < 4.78 is 32.4. The average Bonchev–Trinajstić information content (AvgIpc) is 2.59. The van der Waals surface area contributed by atoms with Gasteiger partial charge in [0.15, 0.2) is 0 Å². The van der Waals surface area contributed by atoms with Crippen LogP contribution in [0.4, 0.5) is 5.69 Å². The third-order valence-corrected chi connectivity index (χ3v) is 5.51. The standard InChI is InChI=1S/C20H26N2O4S/c1-5-26-17-6-8-18(9-7-17)27(24,25)21-11-10-19(23)22-20-15(3)12-14(2)13-16(20)4/h6-9,12-13,21H,5,10-11H2,1-4H3,(H,22,23). The van der Waals surface area contributed by atoms with Gasteiger partial charge in [0.25, 0.3) is 0 Å². The van der Waals surface area contributed by atoms with E-state index in [-0.39, 0.29) is 23.8 Å². The first-order valence-electron chi connectivity index (χ1n) is 8.83. The van der Waals surface area contributed by atoms with E-state index in [0.29, 0.717) is 12.4 Å². The highest BCUT2D eigenvalue weighted by Gasteiger charge is 2.15. The molecule has 0 aliphatic carbocycles. The number of amides is 1. The molecule has 1 amide bonds. The Morgan fingerprint density at radius 2 is 1.63 bits per heavy atom. The summed E-state index contributed by atoms with van der Waals surface area (Å²) in [5.74, 6) is 0.374. The van der Waals surface area contributed by atoms with E-state index < -0.39 is 10.0 Å². The van der Waals surface area contributed by atoms with E-state index >= 15 is 0 Å². The summed E-state index contributed by atoms with van der Waals surface area (Å²) in [6.07, 6.45) is 0.0447. The maximum Gasteiger partial charge on any atom is 0.240 e. The number of hydrogen-bond donors (Lipinski definition) is 2. The molecule has 0 radical (unpaired) electrons. The molecule has 0 aromatic heterocycles. The van der Waals surface area contributed by atoms with Gasteiger partial charge in [-0.05, 0) is 63.1 Å². The lowest BCUT2D eigenvalue weighted by atomic mass is 10.1. The lowest BCUT2D eigenvalue weighted by Gasteiger charge is -2.13. The van der Waals surface area contributed by atoms with Gasteiger partial charge in [-0.15, -0.1) is 0 Å². The van der Waals surface area contributed by atoms with E-state index in [1.165, 1.54) is 12.1 Å². The Morgan fingerprint density at radius 1 is 1.04 bits per heavy atom. The highest BCUT2D eigenvalue weighted by Crippen LogP contribution is 2.22. The summed E-state index contributed by atoms with van der Waals surface area (Å²) in [5, 5.41) is 2.86. The zero-order valence-electron chi connectivity index (χ0n) is 16.1.